The molecule has 0 spiro atoms. The van der Waals surface area contributed by atoms with E-state index >= 15 is 0 Å². The fraction of sp³-hybridized carbons (Fsp3) is 0.182. The molecule has 9 heteroatoms. The Labute approximate surface area is 176 Å². The second-order valence-corrected chi connectivity index (χ2v) is 7.12. The maximum absolute atomic E-state index is 14.7. The highest BCUT2D eigenvalue weighted by Gasteiger charge is 2.16. The first-order chi connectivity index (χ1) is 14.8. The third-order valence-electron chi connectivity index (χ3n) is 4.98. The minimum atomic E-state index is -0.533. The molecule has 2 aromatic carbocycles. The molecule has 7 nitrogen and oxygen atoms in total. The van der Waals surface area contributed by atoms with Crippen molar-refractivity contribution in [3.63, 3.8) is 0 Å². The summed E-state index contributed by atoms with van der Waals surface area (Å²) in [6, 6.07) is 11.0. The van der Waals surface area contributed by atoms with Gasteiger partial charge in [-0.05, 0) is 59.7 Å². The zero-order valence-corrected chi connectivity index (χ0v) is 17.1. The molecule has 0 aliphatic heterocycles. The van der Waals surface area contributed by atoms with Gasteiger partial charge in [0.15, 0.2) is 0 Å². The van der Waals surface area contributed by atoms with Gasteiger partial charge >= 0.3 is 5.69 Å². The number of benzene rings is 2. The molecule has 0 unspecified atom stereocenters. The van der Waals surface area contributed by atoms with Crippen molar-refractivity contribution in [1.82, 2.24) is 24.8 Å². The van der Waals surface area contributed by atoms with E-state index in [0.717, 1.165) is 22.0 Å². The Hall–Kier alpha value is -3.88. The zero-order valence-electron chi connectivity index (χ0n) is 17.1. The number of tetrazole rings is 1. The van der Waals surface area contributed by atoms with Gasteiger partial charge in [0.1, 0.15) is 24.0 Å². The van der Waals surface area contributed by atoms with Crippen LogP contribution in [0.5, 0.6) is 5.75 Å². The lowest BCUT2D eigenvalue weighted by Crippen LogP contribution is -2.23. The van der Waals surface area contributed by atoms with Gasteiger partial charge in [0, 0.05) is 24.2 Å². The van der Waals surface area contributed by atoms with E-state index in [9.17, 15) is 13.6 Å². The number of pyridine rings is 1. The maximum atomic E-state index is 14.7. The number of ether oxygens (including phenoxy) is 1. The number of halogens is 2. The van der Waals surface area contributed by atoms with E-state index in [1.165, 1.54) is 29.9 Å². The minimum absolute atomic E-state index is 0.0967. The second-order valence-electron chi connectivity index (χ2n) is 7.12. The highest BCUT2D eigenvalue weighted by molar-refractivity contribution is 5.62. The molecular formula is C22H19F2N5O2. The van der Waals surface area contributed by atoms with Gasteiger partial charge in [0.25, 0.3) is 0 Å². The summed E-state index contributed by atoms with van der Waals surface area (Å²) in [4.78, 5) is 16.2. The van der Waals surface area contributed by atoms with Crippen LogP contribution in [0.25, 0.3) is 16.9 Å². The number of nitrogens with zero attached hydrogens (tertiary/aromatic N) is 5. The molecule has 0 saturated heterocycles. The van der Waals surface area contributed by atoms with Crippen LogP contribution in [0.1, 0.15) is 16.7 Å². The molecule has 0 bridgehead atoms. The van der Waals surface area contributed by atoms with Crippen LogP contribution >= 0.6 is 0 Å². The molecule has 0 saturated carbocycles. The predicted molar refractivity (Wildman–Crippen MR) is 110 cm³/mol. The van der Waals surface area contributed by atoms with Crippen LogP contribution in [0.2, 0.25) is 0 Å². The standard InChI is InChI=1S/C22H19F2N5O2/c1-13-5-4-6-20(29-22(30)28(3)26-27-29)17(13)12-31-21-10-18(24)16(9-14(21)2)19-8-7-15(23)11-25-19/h4-11H,12H2,1-3H3. The lowest BCUT2D eigenvalue weighted by Gasteiger charge is -2.15. The lowest BCUT2D eigenvalue weighted by molar-refractivity contribution is 0.301. The number of hydrogen-bond acceptors (Lipinski definition) is 5. The highest BCUT2D eigenvalue weighted by Crippen LogP contribution is 2.30. The van der Waals surface area contributed by atoms with E-state index in [4.69, 9.17) is 4.74 Å². The Morgan fingerprint density at radius 3 is 2.52 bits per heavy atom. The first-order valence-corrected chi connectivity index (χ1v) is 9.48. The molecule has 0 fully saturated rings. The predicted octanol–water partition coefficient (Wildman–Crippen LogP) is 3.50. The van der Waals surface area contributed by atoms with E-state index in [0.29, 0.717) is 22.7 Å². The largest absolute Gasteiger partial charge is 0.488 e. The van der Waals surface area contributed by atoms with E-state index in [2.05, 4.69) is 15.4 Å². The third kappa shape index (κ3) is 3.94. The summed E-state index contributed by atoms with van der Waals surface area (Å²) in [5.74, 6) is -0.670. The molecule has 2 aromatic heterocycles. The van der Waals surface area contributed by atoms with E-state index in [-0.39, 0.29) is 17.9 Å². The average Bonchev–Trinajstić information content (AvgIpc) is 3.08. The number of aromatic nitrogens is 5. The van der Waals surface area contributed by atoms with Crippen molar-refractivity contribution in [2.24, 2.45) is 7.05 Å². The van der Waals surface area contributed by atoms with Crippen molar-refractivity contribution in [2.75, 3.05) is 0 Å². The summed E-state index contributed by atoms with van der Waals surface area (Å²) in [6.07, 6.45) is 1.04. The van der Waals surface area contributed by atoms with Crippen LogP contribution in [0, 0.1) is 25.5 Å². The molecule has 0 aliphatic carbocycles. The molecule has 0 atom stereocenters. The van der Waals surface area contributed by atoms with Gasteiger partial charge in [-0.15, -0.1) is 0 Å². The van der Waals surface area contributed by atoms with Crippen LogP contribution in [0.4, 0.5) is 8.78 Å². The fourth-order valence-corrected chi connectivity index (χ4v) is 3.24. The van der Waals surface area contributed by atoms with E-state index in [1.807, 2.05) is 19.1 Å². The highest BCUT2D eigenvalue weighted by atomic mass is 19.1. The van der Waals surface area contributed by atoms with Crippen LogP contribution in [-0.4, -0.2) is 24.8 Å². The monoisotopic (exact) mass is 423 g/mol. The SMILES string of the molecule is Cc1cc(-c2ccc(F)cn2)c(F)cc1OCc1c(C)cccc1-n1nnn(C)c1=O. The van der Waals surface area contributed by atoms with Crippen molar-refractivity contribution >= 4 is 0 Å². The Morgan fingerprint density at radius 2 is 1.84 bits per heavy atom. The summed E-state index contributed by atoms with van der Waals surface area (Å²) < 4.78 is 36.1. The van der Waals surface area contributed by atoms with Crippen molar-refractivity contribution in [3.8, 4) is 22.7 Å². The summed E-state index contributed by atoms with van der Waals surface area (Å²) in [5, 5.41) is 7.64. The Morgan fingerprint density at radius 1 is 1.03 bits per heavy atom. The fourth-order valence-electron chi connectivity index (χ4n) is 3.24. The zero-order chi connectivity index (χ0) is 22.1. The summed E-state index contributed by atoms with van der Waals surface area (Å²) in [5.41, 5.74) is 3.06. The van der Waals surface area contributed by atoms with Crippen molar-refractivity contribution in [1.29, 1.82) is 0 Å². The summed E-state index contributed by atoms with van der Waals surface area (Å²) in [7, 11) is 1.52. The molecule has 4 aromatic rings. The lowest BCUT2D eigenvalue weighted by atomic mass is 10.1. The topological polar surface area (TPSA) is 74.8 Å². The number of aryl methyl sites for hydroxylation is 3. The first-order valence-electron chi connectivity index (χ1n) is 9.48. The van der Waals surface area contributed by atoms with Gasteiger partial charge in [-0.1, -0.05) is 12.1 Å². The average molecular weight is 423 g/mol. The van der Waals surface area contributed by atoms with Gasteiger partial charge in [-0.25, -0.2) is 13.6 Å². The summed E-state index contributed by atoms with van der Waals surface area (Å²) >= 11 is 0. The molecule has 2 heterocycles. The third-order valence-corrected chi connectivity index (χ3v) is 4.98. The first kappa shape index (κ1) is 20.4. The molecule has 0 amide bonds. The minimum Gasteiger partial charge on any atom is -0.488 e. The van der Waals surface area contributed by atoms with Crippen LogP contribution in [0.15, 0.2) is 53.5 Å². The molecule has 4 rings (SSSR count). The van der Waals surface area contributed by atoms with E-state index < -0.39 is 11.6 Å². The number of hydrogen-bond donors (Lipinski definition) is 0. The Balaban J connectivity index is 1.65. The Bertz CT molecular complexity index is 1310. The van der Waals surface area contributed by atoms with E-state index in [1.54, 1.807) is 19.1 Å². The molecular weight excluding hydrogens is 404 g/mol. The van der Waals surface area contributed by atoms with Gasteiger partial charge in [0.05, 0.1) is 17.6 Å². The summed E-state index contributed by atoms with van der Waals surface area (Å²) in [6.45, 7) is 3.77. The molecule has 31 heavy (non-hydrogen) atoms. The van der Waals surface area contributed by atoms with Crippen molar-refractivity contribution in [2.45, 2.75) is 20.5 Å². The van der Waals surface area contributed by atoms with Crippen LogP contribution in [-0.2, 0) is 13.7 Å². The van der Waals surface area contributed by atoms with Gasteiger partial charge < -0.3 is 4.74 Å². The van der Waals surface area contributed by atoms with Crippen molar-refractivity contribution < 1.29 is 13.5 Å². The van der Waals surface area contributed by atoms with Crippen LogP contribution in [0.3, 0.4) is 0 Å². The Kier molecular flexibility index (Phi) is 5.33. The number of rotatable bonds is 5. The molecule has 0 aliphatic rings. The van der Waals surface area contributed by atoms with Gasteiger partial charge in [-0.2, -0.15) is 9.36 Å². The van der Waals surface area contributed by atoms with Gasteiger partial charge in [0.2, 0.25) is 0 Å². The maximum Gasteiger partial charge on any atom is 0.368 e. The molecule has 0 radical (unpaired) electrons. The normalized spacial score (nSPS) is 11.0. The molecule has 158 valence electrons. The molecule has 0 N–H and O–H groups in total. The van der Waals surface area contributed by atoms with Gasteiger partial charge in [-0.3, -0.25) is 4.98 Å². The van der Waals surface area contributed by atoms with Crippen LogP contribution < -0.4 is 10.4 Å². The quantitative estimate of drug-likeness (QED) is 0.491. The second kappa shape index (κ2) is 8.10. The van der Waals surface area contributed by atoms with Crippen molar-refractivity contribution in [3.05, 3.63) is 87.5 Å². The smallest absolute Gasteiger partial charge is 0.368 e.